The molecule has 51 heavy (non-hydrogen) atoms. The van der Waals surface area contributed by atoms with Crippen LogP contribution in [0, 0.1) is 5.41 Å². The average Bonchev–Trinajstić information content (AvgIpc) is 3.08. The molecule has 3 aliphatic heterocycles. The second-order valence-electron chi connectivity index (χ2n) is 14.2. The Morgan fingerprint density at radius 1 is 1.04 bits per heavy atom. The van der Waals surface area contributed by atoms with Gasteiger partial charge in [-0.2, -0.15) is 0 Å². The molecule has 0 aliphatic carbocycles. The highest BCUT2D eigenvalue weighted by molar-refractivity contribution is 5.83. The summed E-state index contributed by atoms with van der Waals surface area (Å²) in [5.74, 6) is -4.29. The van der Waals surface area contributed by atoms with E-state index in [1.54, 1.807) is 32.1 Å². The first-order valence-corrected chi connectivity index (χ1v) is 18.4. The van der Waals surface area contributed by atoms with Crippen molar-refractivity contribution in [3.8, 4) is 0 Å². The Balaban J connectivity index is 2.04. The molecule has 3 heterocycles. The molecular formula is C38H60O13. The lowest BCUT2D eigenvalue weighted by Crippen LogP contribution is -2.62. The van der Waals surface area contributed by atoms with E-state index in [0.717, 1.165) is 25.7 Å². The van der Waals surface area contributed by atoms with Crippen molar-refractivity contribution >= 4 is 17.9 Å². The summed E-state index contributed by atoms with van der Waals surface area (Å²) in [7, 11) is 1.21. The van der Waals surface area contributed by atoms with Gasteiger partial charge in [-0.25, -0.2) is 4.79 Å². The summed E-state index contributed by atoms with van der Waals surface area (Å²) in [6.07, 6.45) is 6.85. The van der Waals surface area contributed by atoms with Crippen molar-refractivity contribution in [2.75, 3.05) is 26.9 Å². The topological polar surface area (TPSA) is 177 Å². The molecule has 3 aliphatic rings. The normalized spacial score (nSPS) is 33.7. The third-order valence-electron chi connectivity index (χ3n) is 9.55. The van der Waals surface area contributed by atoms with Gasteiger partial charge in [-0.15, -0.1) is 6.58 Å². The van der Waals surface area contributed by atoms with E-state index in [1.807, 2.05) is 0 Å². The summed E-state index contributed by atoms with van der Waals surface area (Å²) in [5, 5.41) is 33.3. The zero-order valence-electron chi connectivity index (χ0n) is 30.8. The molecule has 290 valence electrons. The Kier molecular flexibility index (Phi) is 17.7. The van der Waals surface area contributed by atoms with E-state index in [4.69, 9.17) is 33.2 Å². The molecule has 0 radical (unpaired) electrons. The Morgan fingerprint density at radius 2 is 1.76 bits per heavy atom. The minimum absolute atomic E-state index is 0.0145. The van der Waals surface area contributed by atoms with Crippen molar-refractivity contribution in [3.63, 3.8) is 0 Å². The van der Waals surface area contributed by atoms with Crippen LogP contribution in [0.15, 0.2) is 36.5 Å². The molecule has 0 saturated carbocycles. The number of carbonyl (C=O) groups excluding carboxylic acids is 3. The lowest BCUT2D eigenvalue weighted by atomic mass is 9.74. The van der Waals surface area contributed by atoms with Crippen molar-refractivity contribution in [1.82, 2.24) is 0 Å². The summed E-state index contributed by atoms with van der Waals surface area (Å²) in [6.45, 7) is 9.35. The minimum atomic E-state index is -2.27. The van der Waals surface area contributed by atoms with Gasteiger partial charge < -0.3 is 48.5 Å². The second-order valence-corrected chi connectivity index (χ2v) is 14.2. The number of aliphatic hydroxyl groups is 3. The Hall–Kier alpha value is -2.65. The number of fused-ring (bicyclic) bond motifs is 4. The molecule has 2 saturated heterocycles. The predicted octanol–water partition coefficient (Wildman–Crippen LogP) is 4.35. The second kappa shape index (κ2) is 21.2. The van der Waals surface area contributed by atoms with E-state index in [9.17, 15) is 29.7 Å². The fraction of sp³-hybridized carbons (Fsp3) is 0.763. The fourth-order valence-corrected chi connectivity index (χ4v) is 6.55. The number of methoxy groups -OCH3 is 1. The number of aliphatic hydroxyl groups excluding tert-OH is 2. The Labute approximate surface area is 302 Å². The van der Waals surface area contributed by atoms with Gasteiger partial charge in [-0.1, -0.05) is 58.6 Å². The van der Waals surface area contributed by atoms with E-state index >= 15 is 0 Å². The van der Waals surface area contributed by atoms with Gasteiger partial charge in [0.1, 0.15) is 6.10 Å². The van der Waals surface area contributed by atoms with Crippen LogP contribution in [-0.2, 0) is 47.5 Å². The summed E-state index contributed by atoms with van der Waals surface area (Å²) in [4.78, 5) is 38.7. The monoisotopic (exact) mass is 724 g/mol. The maximum Gasteiger partial charge on any atom is 0.330 e. The van der Waals surface area contributed by atoms with Gasteiger partial charge in [0.25, 0.3) is 0 Å². The first-order valence-electron chi connectivity index (χ1n) is 18.4. The molecule has 2 fully saturated rings. The molecule has 0 spiro atoms. The highest BCUT2D eigenvalue weighted by Crippen LogP contribution is 2.47. The molecular weight excluding hydrogens is 664 g/mol. The van der Waals surface area contributed by atoms with E-state index < -0.39 is 66.4 Å². The van der Waals surface area contributed by atoms with E-state index in [0.29, 0.717) is 32.3 Å². The lowest BCUT2D eigenvalue weighted by Gasteiger charge is -2.51. The number of carbonyl (C=O) groups is 3. The van der Waals surface area contributed by atoms with Crippen molar-refractivity contribution < 1.29 is 62.9 Å². The lowest BCUT2D eigenvalue weighted by molar-refractivity contribution is -0.327. The first-order chi connectivity index (χ1) is 24.3. The molecule has 3 rings (SSSR count). The van der Waals surface area contributed by atoms with Crippen LogP contribution in [0.3, 0.4) is 0 Å². The van der Waals surface area contributed by atoms with Gasteiger partial charge in [-0.3, -0.25) is 9.59 Å². The number of hydrogen-bond acceptors (Lipinski definition) is 13. The standard InChI is InChI=1S/C38H60O13/c1-6-8-9-10-11-13-32(41)50-36-26(21-33(42)45-5)20-30-24-31(25-39)47-34(43)22-27(40)15-18-46-19-16-29-23-28(12-7-2)48-35(49-29)14-17-37(3,4)38(36,44)51-30/h7,14,17,21,27-31,35-36,39-40,44H,2,6,8-13,15-16,18-20,22-25H2,1,3-5H3/b17-14+,26-21+/t27-,28-,29+,30-,31-,35-,36-,38+/m0/s1. The summed E-state index contributed by atoms with van der Waals surface area (Å²) in [5.41, 5.74) is -1.08. The van der Waals surface area contributed by atoms with Crippen LogP contribution < -0.4 is 0 Å². The molecule has 13 nitrogen and oxygen atoms in total. The maximum atomic E-state index is 13.3. The molecule has 0 unspecified atom stereocenters. The SMILES string of the molecule is C=CC[C@H]1C[C@H]2CCOCC[C@H](O)CC(=O)O[C@H](CO)C[C@@H]3C/C(=C\C(=O)OC)[C@H](OC(=O)CCCCCCC)[C@@](O)(O3)C(C)(C)/C=C/[C@H](O2)O1. The van der Waals surface area contributed by atoms with E-state index in [1.165, 1.54) is 13.2 Å². The van der Waals surface area contributed by atoms with Crippen molar-refractivity contribution in [1.29, 1.82) is 0 Å². The minimum Gasteiger partial charge on any atom is -0.466 e. The Bertz CT molecular complexity index is 1180. The zero-order valence-corrected chi connectivity index (χ0v) is 30.8. The number of esters is 3. The molecule has 0 amide bonds. The molecule has 3 N–H and O–H groups in total. The fourth-order valence-electron chi connectivity index (χ4n) is 6.55. The molecule has 8 atom stereocenters. The van der Waals surface area contributed by atoms with Crippen LogP contribution in [0.4, 0.5) is 0 Å². The summed E-state index contributed by atoms with van der Waals surface area (Å²) < 4.78 is 41.0. The smallest absolute Gasteiger partial charge is 0.330 e. The zero-order chi connectivity index (χ0) is 37.4. The van der Waals surface area contributed by atoms with Crippen molar-refractivity contribution in [2.24, 2.45) is 5.41 Å². The van der Waals surface area contributed by atoms with Crippen LogP contribution >= 0.6 is 0 Å². The van der Waals surface area contributed by atoms with Gasteiger partial charge in [0.05, 0.1) is 44.6 Å². The van der Waals surface area contributed by atoms with Gasteiger partial charge in [0, 0.05) is 44.0 Å². The highest BCUT2D eigenvalue weighted by Gasteiger charge is 2.57. The molecule has 0 aromatic carbocycles. The van der Waals surface area contributed by atoms with Crippen LogP contribution in [0.5, 0.6) is 0 Å². The largest absolute Gasteiger partial charge is 0.466 e. The van der Waals surface area contributed by atoms with Gasteiger partial charge in [0.2, 0.25) is 5.79 Å². The number of cyclic esters (lactones) is 1. The number of ether oxygens (including phenoxy) is 7. The van der Waals surface area contributed by atoms with E-state index in [2.05, 4.69) is 13.5 Å². The third kappa shape index (κ3) is 13.4. The van der Waals surface area contributed by atoms with Crippen LogP contribution in [-0.4, -0.2) is 109 Å². The van der Waals surface area contributed by atoms with Gasteiger partial charge in [-0.05, 0) is 43.8 Å². The summed E-state index contributed by atoms with van der Waals surface area (Å²) >= 11 is 0. The van der Waals surface area contributed by atoms with Crippen LogP contribution in [0.25, 0.3) is 0 Å². The van der Waals surface area contributed by atoms with Crippen molar-refractivity contribution in [2.45, 2.75) is 153 Å². The highest BCUT2D eigenvalue weighted by atomic mass is 16.7. The number of rotatable bonds is 11. The molecule has 0 aromatic heterocycles. The number of unbranched alkanes of at least 4 members (excludes halogenated alkanes) is 4. The molecule has 0 aromatic rings. The first kappa shape index (κ1) is 42.8. The van der Waals surface area contributed by atoms with E-state index in [-0.39, 0.29) is 56.5 Å². The molecule has 4 bridgehead atoms. The third-order valence-corrected chi connectivity index (χ3v) is 9.55. The predicted molar refractivity (Wildman–Crippen MR) is 186 cm³/mol. The maximum absolute atomic E-state index is 13.3. The van der Waals surface area contributed by atoms with Gasteiger partial charge >= 0.3 is 17.9 Å². The van der Waals surface area contributed by atoms with Crippen LogP contribution in [0.2, 0.25) is 0 Å². The quantitative estimate of drug-likeness (QED) is 0.0902. The number of hydrogen-bond donors (Lipinski definition) is 3. The average molecular weight is 725 g/mol. The molecule has 13 heteroatoms. The Morgan fingerprint density at radius 3 is 2.47 bits per heavy atom. The van der Waals surface area contributed by atoms with Gasteiger partial charge in [0.15, 0.2) is 12.4 Å². The van der Waals surface area contributed by atoms with Crippen molar-refractivity contribution in [3.05, 3.63) is 36.5 Å². The summed E-state index contributed by atoms with van der Waals surface area (Å²) in [6, 6.07) is 0. The van der Waals surface area contributed by atoms with Crippen LogP contribution in [0.1, 0.15) is 104 Å².